The Bertz CT molecular complexity index is 1430. The van der Waals surface area contributed by atoms with E-state index in [1.54, 1.807) is 67.6 Å². The van der Waals surface area contributed by atoms with Gasteiger partial charge in [0.25, 0.3) is 21.8 Å². The van der Waals surface area contributed by atoms with Crippen molar-refractivity contribution in [2.24, 2.45) is 0 Å². The second-order valence-corrected chi connectivity index (χ2v) is 10.4. The van der Waals surface area contributed by atoms with Crippen LogP contribution >= 0.6 is 11.3 Å². The van der Waals surface area contributed by atoms with Crippen LogP contribution in [0.1, 0.15) is 25.8 Å². The molecule has 10 heteroatoms. The SMILES string of the molecule is Cc1cc(NC(=O)c2ccco2)sc1C(=O)Nc1cccc(S(=O)(=O)N(C)c2ccccc2)c1. The highest BCUT2D eigenvalue weighted by atomic mass is 32.2. The van der Waals surface area contributed by atoms with Crippen LogP contribution in [0.3, 0.4) is 0 Å². The molecule has 0 saturated heterocycles. The molecule has 2 aromatic carbocycles. The number of hydrogen-bond donors (Lipinski definition) is 2. The number of carbonyl (C=O) groups is 2. The summed E-state index contributed by atoms with van der Waals surface area (Å²) in [5.41, 5.74) is 1.53. The average Bonchev–Trinajstić information content (AvgIpc) is 3.49. The van der Waals surface area contributed by atoms with Crippen molar-refractivity contribution in [2.45, 2.75) is 11.8 Å². The van der Waals surface area contributed by atoms with E-state index in [0.717, 1.165) is 11.3 Å². The molecule has 0 radical (unpaired) electrons. The van der Waals surface area contributed by atoms with Crippen LogP contribution in [-0.4, -0.2) is 27.3 Å². The summed E-state index contributed by atoms with van der Waals surface area (Å²) in [7, 11) is -2.35. The molecule has 2 aromatic heterocycles. The Morgan fingerprint density at radius 3 is 2.38 bits per heavy atom. The van der Waals surface area contributed by atoms with Crippen LogP contribution in [-0.2, 0) is 10.0 Å². The quantitative estimate of drug-likeness (QED) is 0.376. The van der Waals surface area contributed by atoms with Gasteiger partial charge < -0.3 is 15.1 Å². The van der Waals surface area contributed by atoms with Crippen molar-refractivity contribution >= 4 is 49.6 Å². The highest BCUT2D eigenvalue weighted by Crippen LogP contribution is 2.29. The number of furan rings is 1. The van der Waals surface area contributed by atoms with E-state index >= 15 is 0 Å². The molecule has 8 nitrogen and oxygen atoms in total. The maximum absolute atomic E-state index is 13.1. The summed E-state index contributed by atoms with van der Waals surface area (Å²) in [6.45, 7) is 1.75. The van der Waals surface area contributed by atoms with Crippen LogP contribution in [0.25, 0.3) is 0 Å². The van der Waals surface area contributed by atoms with E-state index in [9.17, 15) is 18.0 Å². The summed E-state index contributed by atoms with van der Waals surface area (Å²) in [6.07, 6.45) is 1.40. The molecule has 0 unspecified atom stereocenters. The minimum atomic E-state index is -3.83. The van der Waals surface area contributed by atoms with Crippen molar-refractivity contribution in [3.05, 3.63) is 95.3 Å². The third-order valence-electron chi connectivity index (χ3n) is 4.98. The molecule has 4 aromatic rings. The lowest BCUT2D eigenvalue weighted by Gasteiger charge is -2.19. The summed E-state index contributed by atoms with van der Waals surface area (Å²) in [6, 6.07) is 19.6. The number of nitrogens with one attached hydrogen (secondary N) is 2. The molecular weight excluding hydrogens is 474 g/mol. The predicted octanol–water partition coefficient (Wildman–Crippen LogP) is 4.98. The number of rotatable bonds is 7. The molecule has 4 rings (SSSR count). The Morgan fingerprint density at radius 2 is 1.68 bits per heavy atom. The Balaban J connectivity index is 1.51. The number of amides is 2. The minimum absolute atomic E-state index is 0.0472. The Morgan fingerprint density at radius 1 is 0.912 bits per heavy atom. The minimum Gasteiger partial charge on any atom is -0.459 e. The molecule has 0 aliphatic rings. The van der Waals surface area contributed by atoms with Gasteiger partial charge in [0.1, 0.15) is 0 Å². The van der Waals surface area contributed by atoms with Crippen LogP contribution in [0.15, 0.2) is 88.4 Å². The van der Waals surface area contributed by atoms with Crippen molar-refractivity contribution in [3.63, 3.8) is 0 Å². The van der Waals surface area contributed by atoms with E-state index in [0.29, 0.717) is 26.8 Å². The van der Waals surface area contributed by atoms with Gasteiger partial charge in [0, 0.05) is 12.7 Å². The molecule has 0 atom stereocenters. The van der Waals surface area contributed by atoms with Gasteiger partial charge in [-0.05, 0) is 61.0 Å². The van der Waals surface area contributed by atoms with E-state index in [1.807, 2.05) is 0 Å². The third-order valence-corrected chi connectivity index (χ3v) is 7.91. The zero-order chi connectivity index (χ0) is 24.3. The molecule has 0 bridgehead atoms. The van der Waals surface area contributed by atoms with Crippen molar-refractivity contribution < 1.29 is 22.4 Å². The van der Waals surface area contributed by atoms with E-state index in [4.69, 9.17) is 4.42 Å². The molecule has 0 spiro atoms. The van der Waals surface area contributed by atoms with Crippen molar-refractivity contribution in [1.29, 1.82) is 0 Å². The van der Waals surface area contributed by atoms with Gasteiger partial charge in [-0.1, -0.05) is 24.3 Å². The number of anilines is 3. The van der Waals surface area contributed by atoms with E-state index in [1.165, 1.54) is 29.7 Å². The topological polar surface area (TPSA) is 109 Å². The first-order valence-electron chi connectivity index (χ1n) is 10.2. The van der Waals surface area contributed by atoms with Gasteiger partial charge >= 0.3 is 0 Å². The lowest BCUT2D eigenvalue weighted by Crippen LogP contribution is -2.26. The normalized spacial score (nSPS) is 11.1. The maximum Gasteiger partial charge on any atom is 0.291 e. The summed E-state index contributed by atoms with van der Waals surface area (Å²) in [4.78, 5) is 25.5. The molecule has 0 aliphatic heterocycles. The van der Waals surface area contributed by atoms with Gasteiger partial charge in [-0.15, -0.1) is 11.3 Å². The van der Waals surface area contributed by atoms with Crippen LogP contribution < -0.4 is 14.9 Å². The number of benzene rings is 2. The molecule has 174 valence electrons. The molecule has 2 heterocycles. The van der Waals surface area contributed by atoms with E-state index < -0.39 is 21.8 Å². The van der Waals surface area contributed by atoms with Crippen molar-refractivity contribution in [3.8, 4) is 0 Å². The van der Waals surface area contributed by atoms with Gasteiger partial charge in [-0.25, -0.2) is 8.42 Å². The lowest BCUT2D eigenvalue weighted by molar-refractivity contribution is 0.0995. The fourth-order valence-corrected chi connectivity index (χ4v) is 5.41. The number of carbonyl (C=O) groups excluding carboxylic acids is 2. The average molecular weight is 496 g/mol. The molecule has 34 heavy (non-hydrogen) atoms. The highest BCUT2D eigenvalue weighted by Gasteiger charge is 2.22. The van der Waals surface area contributed by atoms with Crippen LogP contribution in [0, 0.1) is 6.92 Å². The monoisotopic (exact) mass is 495 g/mol. The van der Waals surface area contributed by atoms with Gasteiger partial charge in [0.05, 0.1) is 26.7 Å². The fraction of sp³-hybridized carbons (Fsp3) is 0.0833. The van der Waals surface area contributed by atoms with Crippen LogP contribution in [0.2, 0.25) is 0 Å². The molecule has 0 saturated carbocycles. The molecule has 0 fully saturated rings. The highest BCUT2D eigenvalue weighted by molar-refractivity contribution is 7.92. The van der Waals surface area contributed by atoms with Crippen LogP contribution in [0.4, 0.5) is 16.4 Å². The Kier molecular flexibility index (Phi) is 6.53. The largest absolute Gasteiger partial charge is 0.459 e. The summed E-state index contributed by atoms with van der Waals surface area (Å²) in [5.74, 6) is -0.666. The first-order valence-corrected chi connectivity index (χ1v) is 12.4. The van der Waals surface area contributed by atoms with Gasteiger partial charge in [0.15, 0.2) is 5.76 Å². The first-order chi connectivity index (χ1) is 16.3. The fourth-order valence-electron chi connectivity index (χ4n) is 3.21. The zero-order valence-corrected chi connectivity index (χ0v) is 19.9. The van der Waals surface area contributed by atoms with Gasteiger partial charge in [0.2, 0.25) is 0 Å². The first kappa shape index (κ1) is 23.3. The second kappa shape index (κ2) is 9.54. The summed E-state index contributed by atoms with van der Waals surface area (Å²) in [5, 5.41) is 5.93. The maximum atomic E-state index is 13.1. The van der Waals surface area contributed by atoms with Crippen molar-refractivity contribution in [2.75, 3.05) is 22.0 Å². The molecule has 2 amide bonds. The number of nitrogens with zero attached hydrogens (tertiary/aromatic N) is 1. The standard InChI is InChI=1S/C24H21N3O5S2/c1-16-14-21(26-23(28)20-12-7-13-32-20)33-22(16)24(29)25-17-8-6-11-19(15-17)34(30,31)27(2)18-9-4-3-5-10-18/h3-15H,1-2H3,(H,25,29)(H,26,28). The van der Waals surface area contributed by atoms with Gasteiger partial charge in [-0.2, -0.15) is 0 Å². The summed E-state index contributed by atoms with van der Waals surface area (Å²) >= 11 is 1.11. The number of aryl methyl sites for hydroxylation is 1. The molecular formula is C24H21N3O5S2. The summed E-state index contributed by atoms with van der Waals surface area (Å²) < 4.78 is 32.4. The Hall–Kier alpha value is -3.89. The van der Waals surface area contributed by atoms with Crippen LogP contribution in [0.5, 0.6) is 0 Å². The second-order valence-electron chi connectivity index (χ2n) is 7.34. The number of hydrogen-bond acceptors (Lipinski definition) is 6. The van der Waals surface area contributed by atoms with E-state index in [2.05, 4.69) is 10.6 Å². The lowest BCUT2D eigenvalue weighted by atomic mass is 10.2. The molecule has 0 aliphatic carbocycles. The Labute approximate surface area is 200 Å². The zero-order valence-electron chi connectivity index (χ0n) is 18.3. The third kappa shape index (κ3) is 4.87. The van der Waals surface area contributed by atoms with Crippen molar-refractivity contribution in [1.82, 2.24) is 0 Å². The molecule has 2 N–H and O–H groups in total. The van der Waals surface area contributed by atoms with Gasteiger partial charge in [-0.3, -0.25) is 13.9 Å². The van der Waals surface area contributed by atoms with E-state index in [-0.39, 0.29) is 10.7 Å². The number of para-hydroxylation sites is 1. The predicted molar refractivity (Wildman–Crippen MR) is 132 cm³/mol. The smallest absolute Gasteiger partial charge is 0.291 e. The number of thiophene rings is 1. The number of sulfonamides is 1.